The van der Waals surface area contributed by atoms with Gasteiger partial charge in [0.15, 0.2) is 0 Å². The number of aromatic nitrogens is 3. The van der Waals surface area contributed by atoms with Crippen molar-refractivity contribution in [3.63, 3.8) is 0 Å². The number of fused-ring (bicyclic) bond motifs is 7. The molecule has 0 bridgehead atoms. The van der Waals surface area contributed by atoms with E-state index in [0.717, 1.165) is 62.0 Å². The predicted molar refractivity (Wildman–Crippen MR) is 268 cm³/mol. The molecule has 0 aliphatic heterocycles. The van der Waals surface area contributed by atoms with Gasteiger partial charge in [-0.25, -0.2) is 0 Å². The predicted octanol–water partition coefficient (Wildman–Crippen LogP) is 15.7. The van der Waals surface area contributed by atoms with Crippen LogP contribution in [-0.4, -0.2) is 27.8 Å². The fourth-order valence-electron chi connectivity index (χ4n) is 8.91. The second-order valence-corrected chi connectivity index (χ2v) is 31.1. The Bertz CT molecular complexity index is 3240. The maximum Gasteiger partial charge on any atom is 0.0774 e. The van der Waals surface area contributed by atoms with Crippen molar-refractivity contribution in [2.45, 2.75) is 84.0 Å². The van der Waals surface area contributed by atoms with Crippen molar-refractivity contribution < 1.29 is 24.5 Å². The number of imidazole rings is 1. The van der Waals surface area contributed by atoms with Gasteiger partial charge in [-0.05, 0) is 51.2 Å². The Morgan fingerprint density at radius 3 is 2.13 bits per heavy atom. The minimum Gasteiger partial charge on any atom is -0.333 e. The first-order chi connectivity index (χ1) is 29.7. The summed E-state index contributed by atoms with van der Waals surface area (Å²) in [4.78, 5) is 10.0. The van der Waals surface area contributed by atoms with Gasteiger partial charge in [0.25, 0.3) is 0 Å². The van der Waals surface area contributed by atoms with E-state index in [1.807, 2.05) is 29.5 Å². The van der Waals surface area contributed by atoms with Crippen LogP contribution in [0.25, 0.3) is 81.5 Å². The molecule has 0 aliphatic rings. The molecule has 0 spiro atoms. The van der Waals surface area contributed by atoms with Gasteiger partial charge < -0.3 is 4.57 Å². The summed E-state index contributed by atoms with van der Waals surface area (Å²) in [5.41, 5.74) is 12.5. The molecule has 7 heteroatoms. The minimum absolute atomic E-state index is 0. The van der Waals surface area contributed by atoms with Crippen LogP contribution in [-0.2, 0) is 26.5 Å². The maximum absolute atomic E-state index is 6.22. The van der Waals surface area contributed by atoms with E-state index >= 15 is 0 Å². The van der Waals surface area contributed by atoms with Crippen LogP contribution in [0.1, 0.15) is 77.0 Å². The summed E-state index contributed by atoms with van der Waals surface area (Å²) in [6, 6.07) is 49.8. The third kappa shape index (κ3) is 8.73. The van der Waals surface area contributed by atoms with Crippen molar-refractivity contribution in [3.8, 4) is 28.3 Å². The number of pyridine rings is 1. The van der Waals surface area contributed by atoms with Crippen molar-refractivity contribution in [1.29, 1.82) is 0 Å². The normalized spacial score (nSPS) is 12.2. The molecule has 0 aliphatic carbocycles. The average molecular weight is 1080 g/mol. The first-order valence-corrected chi connectivity index (χ1v) is 30.1. The van der Waals surface area contributed by atoms with Crippen molar-refractivity contribution in [3.05, 3.63) is 156 Å². The second-order valence-electron chi connectivity index (χ2n) is 19.5. The van der Waals surface area contributed by atoms with Crippen molar-refractivity contribution in [2.24, 2.45) is 5.41 Å². The van der Waals surface area contributed by atoms with Gasteiger partial charge >= 0.3 is 170 Å². The molecular formula is C56H55GeIrN3OS-2. The number of para-hydroxylation sites is 4. The third-order valence-electron chi connectivity index (χ3n) is 11.8. The molecule has 0 saturated carbocycles. The van der Waals surface area contributed by atoms with E-state index < -0.39 is 13.3 Å². The second kappa shape index (κ2) is 17.6. The van der Waals surface area contributed by atoms with Crippen LogP contribution in [0.15, 0.2) is 132 Å². The quantitative estimate of drug-likeness (QED) is 0.118. The molecule has 4 heterocycles. The van der Waals surface area contributed by atoms with Crippen LogP contribution in [0.5, 0.6) is 0 Å². The molecule has 0 amide bonds. The Labute approximate surface area is 392 Å². The summed E-state index contributed by atoms with van der Waals surface area (Å²) in [6.07, 6.45) is 3.18. The SMILES string of the molecule is CC(C)(C)Cc1cc(-c2[c-]ccc3c2oc2ccccc23)nc[c]1[Ge]([CH3])([CH3])[CH3].CC(C)c1cccc(C(C)C)c1-n1c(-c2[c-]cc3sc4ccccc4c3c2)nc2ccccc21.[Ir]. The first-order valence-electron chi connectivity index (χ1n) is 21.9. The van der Waals surface area contributed by atoms with Gasteiger partial charge in [-0.3, -0.25) is 4.98 Å². The largest absolute Gasteiger partial charge is 0.333 e. The smallest absolute Gasteiger partial charge is 0.0774 e. The number of nitrogens with zero attached hydrogens (tertiary/aromatic N) is 3. The molecule has 4 nitrogen and oxygen atoms in total. The van der Waals surface area contributed by atoms with E-state index in [-0.39, 0.29) is 25.5 Å². The Balaban J connectivity index is 0.000000173. The van der Waals surface area contributed by atoms with Gasteiger partial charge in [-0.1, -0.05) is 81.6 Å². The molecule has 6 aromatic carbocycles. The van der Waals surface area contributed by atoms with E-state index in [4.69, 9.17) is 14.4 Å². The number of hydrogen-bond donors (Lipinski definition) is 0. The summed E-state index contributed by atoms with van der Waals surface area (Å²) >= 11 is -0.189. The van der Waals surface area contributed by atoms with Crippen molar-refractivity contribution in [1.82, 2.24) is 14.5 Å². The topological polar surface area (TPSA) is 43.9 Å². The van der Waals surface area contributed by atoms with Crippen LogP contribution in [0.2, 0.25) is 17.3 Å². The molecule has 321 valence electrons. The summed E-state index contributed by atoms with van der Waals surface area (Å²) in [7, 11) is 0. The van der Waals surface area contributed by atoms with Crippen molar-refractivity contribution in [2.75, 3.05) is 0 Å². The molecule has 0 atom stereocenters. The van der Waals surface area contributed by atoms with Crippen molar-refractivity contribution >= 4 is 82.1 Å². The zero-order valence-electron chi connectivity index (χ0n) is 38.0. The number of furan rings is 1. The van der Waals surface area contributed by atoms with Crippen LogP contribution in [0.3, 0.4) is 0 Å². The van der Waals surface area contributed by atoms with Gasteiger partial charge in [0.2, 0.25) is 0 Å². The Hall–Kier alpha value is -4.85. The number of benzene rings is 6. The van der Waals surface area contributed by atoms with Gasteiger partial charge in [-0.15, -0.1) is 23.8 Å². The minimum atomic E-state index is -2.01. The molecule has 10 aromatic rings. The summed E-state index contributed by atoms with van der Waals surface area (Å²) in [6.45, 7) is 16.0. The Kier molecular flexibility index (Phi) is 12.5. The van der Waals surface area contributed by atoms with Gasteiger partial charge in [0.1, 0.15) is 0 Å². The van der Waals surface area contributed by atoms with Crippen LogP contribution < -0.4 is 4.40 Å². The van der Waals surface area contributed by atoms with Gasteiger partial charge in [0, 0.05) is 30.5 Å². The van der Waals surface area contributed by atoms with Crippen LogP contribution >= 0.6 is 11.3 Å². The summed E-state index contributed by atoms with van der Waals surface area (Å²) in [5.74, 6) is 9.07. The number of hydrogen-bond acceptors (Lipinski definition) is 4. The third-order valence-corrected chi connectivity index (χ3v) is 17.3. The average Bonchev–Trinajstić information content (AvgIpc) is 3.94. The summed E-state index contributed by atoms with van der Waals surface area (Å²) in [5, 5.41) is 4.84. The molecule has 1 radical (unpaired) electrons. The molecule has 63 heavy (non-hydrogen) atoms. The molecule has 0 unspecified atom stereocenters. The van der Waals surface area contributed by atoms with Crippen LogP contribution in [0, 0.1) is 17.5 Å². The van der Waals surface area contributed by atoms with Gasteiger partial charge in [0.05, 0.1) is 16.9 Å². The van der Waals surface area contributed by atoms with E-state index in [0.29, 0.717) is 11.8 Å². The maximum atomic E-state index is 6.22. The summed E-state index contributed by atoms with van der Waals surface area (Å²) < 4.78 is 12.7. The molecule has 0 fully saturated rings. The monoisotopic (exact) mass is 1080 g/mol. The van der Waals surface area contributed by atoms with E-state index in [1.165, 1.54) is 46.9 Å². The number of thiophene rings is 1. The van der Waals surface area contributed by atoms with E-state index in [9.17, 15) is 0 Å². The zero-order valence-corrected chi connectivity index (χ0v) is 43.3. The first kappa shape index (κ1) is 44.7. The molecule has 4 aromatic heterocycles. The van der Waals surface area contributed by atoms with Crippen LogP contribution in [0.4, 0.5) is 0 Å². The molecular weight excluding hydrogens is 1030 g/mol. The van der Waals surface area contributed by atoms with E-state index in [2.05, 4.69) is 192 Å². The zero-order chi connectivity index (χ0) is 43.5. The Morgan fingerprint density at radius 1 is 0.730 bits per heavy atom. The molecule has 0 N–H and O–H groups in total. The standard InChI is InChI=1S/C31H27N2S.C25H28GeNO.Ir/c1-19(2)22-11-9-12-23(20(3)4)30(22)33-27-14-7-6-13-26(27)32-31(33)21-16-17-29-25(18-21)24-10-5-8-15-28(24)34-29;1-25(2,3)15-17-14-22(27-16-21(17)26(4,5)6)20-12-9-11-19-18-10-7-8-13-23(18)28-24(19)20;/h5-15,17-20H,1-4H3;7-11,13-14,16H,15H2,1-6H3;/q2*-1;. The number of rotatable bonds is 7. The van der Waals surface area contributed by atoms with E-state index in [1.54, 1.807) is 0 Å². The fourth-order valence-corrected chi connectivity index (χ4v) is 13.3. The van der Waals surface area contributed by atoms with Gasteiger partial charge in [-0.2, -0.15) is 11.3 Å². The molecule has 10 rings (SSSR count). The molecule has 0 saturated heterocycles. The Morgan fingerprint density at radius 2 is 1.41 bits per heavy atom. The fraction of sp³-hybridized carbons (Fsp3) is 0.250.